The monoisotopic (exact) mass is 298 g/mol. The van der Waals surface area contributed by atoms with Crippen LogP contribution in [0.15, 0.2) is 18.2 Å². The van der Waals surface area contributed by atoms with Crippen LogP contribution in [0.4, 0.5) is 8.78 Å². The highest BCUT2D eigenvalue weighted by atomic mass is 19.2. The van der Waals surface area contributed by atoms with Crippen LogP contribution in [0.25, 0.3) is 0 Å². The molecule has 118 valence electrons. The van der Waals surface area contributed by atoms with Crippen LogP contribution in [0, 0.1) is 11.6 Å². The largest absolute Gasteiger partial charge is 0.462 e. The van der Waals surface area contributed by atoms with Crippen molar-refractivity contribution in [2.45, 2.75) is 58.3 Å². The summed E-state index contributed by atoms with van der Waals surface area (Å²) in [5, 5.41) is 0. The van der Waals surface area contributed by atoms with Crippen LogP contribution in [-0.2, 0) is 4.74 Å². The van der Waals surface area contributed by atoms with Gasteiger partial charge in [0, 0.05) is 0 Å². The normalized spacial score (nSPS) is 10.6. The SMILES string of the molecule is CCCCCCCCCCOC(=O)c1cccc(F)c1F. The van der Waals surface area contributed by atoms with Crippen molar-refractivity contribution >= 4 is 5.97 Å². The number of benzene rings is 1. The highest BCUT2D eigenvalue weighted by Gasteiger charge is 2.15. The van der Waals surface area contributed by atoms with Crippen molar-refractivity contribution in [2.24, 2.45) is 0 Å². The van der Waals surface area contributed by atoms with E-state index in [0.717, 1.165) is 25.3 Å². The fourth-order valence-electron chi connectivity index (χ4n) is 2.14. The second kappa shape index (κ2) is 10.3. The van der Waals surface area contributed by atoms with E-state index in [1.54, 1.807) is 0 Å². The van der Waals surface area contributed by atoms with Gasteiger partial charge in [-0.25, -0.2) is 13.6 Å². The van der Waals surface area contributed by atoms with Crippen LogP contribution in [0.2, 0.25) is 0 Å². The fourth-order valence-corrected chi connectivity index (χ4v) is 2.14. The molecule has 0 saturated carbocycles. The van der Waals surface area contributed by atoms with Crippen molar-refractivity contribution in [1.82, 2.24) is 0 Å². The van der Waals surface area contributed by atoms with E-state index in [9.17, 15) is 13.6 Å². The van der Waals surface area contributed by atoms with Crippen molar-refractivity contribution in [3.05, 3.63) is 35.4 Å². The predicted molar refractivity (Wildman–Crippen MR) is 79.3 cm³/mol. The maximum Gasteiger partial charge on any atom is 0.341 e. The van der Waals surface area contributed by atoms with Crippen LogP contribution >= 0.6 is 0 Å². The second-order valence-electron chi connectivity index (χ2n) is 5.21. The molecule has 0 atom stereocenters. The quantitative estimate of drug-likeness (QED) is 0.435. The third kappa shape index (κ3) is 6.69. The molecule has 0 aromatic heterocycles. The van der Waals surface area contributed by atoms with Crippen LogP contribution in [0.3, 0.4) is 0 Å². The zero-order chi connectivity index (χ0) is 15.5. The Morgan fingerprint density at radius 3 is 2.29 bits per heavy atom. The zero-order valence-corrected chi connectivity index (χ0v) is 12.7. The molecule has 21 heavy (non-hydrogen) atoms. The topological polar surface area (TPSA) is 26.3 Å². The van der Waals surface area contributed by atoms with E-state index < -0.39 is 17.6 Å². The third-order valence-electron chi connectivity index (χ3n) is 3.40. The molecule has 4 heteroatoms. The molecule has 0 radical (unpaired) electrons. The lowest BCUT2D eigenvalue weighted by molar-refractivity contribution is 0.0491. The van der Waals surface area contributed by atoms with E-state index in [0.29, 0.717) is 0 Å². The molecule has 1 rings (SSSR count). The number of unbranched alkanes of at least 4 members (excludes halogenated alkanes) is 7. The van der Waals surface area contributed by atoms with Gasteiger partial charge in [-0.3, -0.25) is 0 Å². The summed E-state index contributed by atoms with van der Waals surface area (Å²) in [7, 11) is 0. The van der Waals surface area contributed by atoms with Gasteiger partial charge < -0.3 is 4.74 Å². The number of carbonyl (C=O) groups is 1. The summed E-state index contributed by atoms with van der Waals surface area (Å²) in [6.07, 6.45) is 9.14. The second-order valence-corrected chi connectivity index (χ2v) is 5.21. The lowest BCUT2D eigenvalue weighted by atomic mass is 10.1. The van der Waals surface area contributed by atoms with Gasteiger partial charge in [0.2, 0.25) is 0 Å². The van der Waals surface area contributed by atoms with Crippen LogP contribution in [0.1, 0.15) is 68.6 Å². The molecule has 2 nitrogen and oxygen atoms in total. The summed E-state index contributed by atoms with van der Waals surface area (Å²) in [5.74, 6) is -2.97. The number of hydrogen-bond donors (Lipinski definition) is 0. The van der Waals surface area contributed by atoms with Gasteiger partial charge in [0.05, 0.1) is 12.2 Å². The smallest absolute Gasteiger partial charge is 0.341 e. The molecule has 0 fully saturated rings. The van der Waals surface area contributed by atoms with Gasteiger partial charge in [-0.2, -0.15) is 0 Å². The Hall–Kier alpha value is -1.45. The fraction of sp³-hybridized carbons (Fsp3) is 0.588. The molecule has 0 amide bonds. The Labute approximate surface area is 125 Å². The number of esters is 1. The minimum Gasteiger partial charge on any atom is -0.462 e. The molecule has 0 heterocycles. The van der Waals surface area contributed by atoms with Crippen molar-refractivity contribution in [1.29, 1.82) is 0 Å². The van der Waals surface area contributed by atoms with E-state index >= 15 is 0 Å². The van der Waals surface area contributed by atoms with E-state index in [-0.39, 0.29) is 12.2 Å². The van der Waals surface area contributed by atoms with Crippen molar-refractivity contribution in [3.8, 4) is 0 Å². The third-order valence-corrected chi connectivity index (χ3v) is 3.40. The standard InChI is InChI=1S/C17H24F2O2/c1-2-3-4-5-6-7-8-9-13-21-17(20)14-11-10-12-15(18)16(14)19/h10-12H,2-9,13H2,1H3. The summed E-state index contributed by atoms with van der Waals surface area (Å²) in [5.41, 5.74) is -0.338. The lowest BCUT2D eigenvalue weighted by Crippen LogP contribution is -2.09. The Bertz CT molecular complexity index is 433. The molecular weight excluding hydrogens is 274 g/mol. The summed E-state index contributed by atoms with van der Waals surface area (Å²) in [6.45, 7) is 2.44. The first kappa shape index (κ1) is 17.6. The molecule has 0 aliphatic heterocycles. The van der Waals surface area contributed by atoms with Crippen LogP contribution in [0.5, 0.6) is 0 Å². The summed E-state index contributed by atoms with van der Waals surface area (Å²) >= 11 is 0. The van der Waals surface area contributed by atoms with Crippen molar-refractivity contribution in [3.63, 3.8) is 0 Å². The van der Waals surface area contributed by atoms with Gasteiger partial charge in [-0.15, -0.1) is 0 Å². The van der Waals surface area contributed by atoms with Gasteiger partial charge in [-0.05, 0) is 18.6 Å². The Kier molecular flexibility index (Phi) is 8.63. The average molecular weight is 298 g/mol. The molecule has 1 aromatic carbocycles. The molecular formula is C17H24F2O2. The highest BCUT2D eigenvalue weighted by Crippen LogP contribution is 2.13. The van der Waals surface area contributed by atoms with E-state index in [4.69, 9.17) is 4.74 Å². The molecule has 0 saturated heterocycles. The molecule has 1 aromatic rings. The molecule has 0 unspecified atom stereocenters. The summed E-state index contributed by atoms with van der Waals surface area (Å²) in [6, 6.07) is 3.50. The first-order valence-electron chi connectivity index (χ1n) is 7.78. The molecule has 0 aliphatic carbocycles. The van der Waals surface area contributed by atoms with Gasteiger partial charge in [0.25, 0.3) is 0 Å². The minimum absolute atomic E-state index is 0.254. The Balaban J connectivity index is 2.13. The maximum absolute atomic E-state index is 13.4. The number of ether oxygens (including phenoxy) is 1. The average Bonchev–Trinajstić information content (AvgIpc) is 2.48. The van der Waals surface area contributed by atoms with Crippen LogP contribution in [-0.4, -0.2) is 12.6 Å². The number of rotatable bonds is 10. The van der Waals surface area contributed by atoms with E-state index in [2.05, 4.69) is 6.92 Å². The number of halogens is 2. The molecule has 0 bridgehead atoms. The minimum atomic E-state index is -1.14. The van der Waals surface area contributed by atoms with Gasteiger partial charge in [0.15, 0.2) is 11.6 Å². The number of carbonyl (C=O) groups excluding carboxylic acids is 1. The van der Waals surface area contributed by atoms with Crippen molar-refractivity contribution < 1.29 is 18.3 Å². The summed E-state index contributed by atoms with van der Waals surface area (Å²) < 4.78 is 31.3. The predicted octanol–water partition coefficient (Wildman–Crippen LogP) is 5.26. The maximum atomic E-state index is 13.4. The lowest BCUT2D eigenvalue weighted by Gasteiger charge is -2.06. The zero-order valence-electron chi connectivity index (χ0n) is 12.7. The first-order chi connectivity index (χ1) is 10.2. The Morgan fingerprint density at radius 2 is 1.62 bits per heavy atom. The first-order valence-corrected chi connectivity index (χ1v) is 7.78. The van der Waals surface area contributed by atoms with Crippen LogP contribution < -0.4 is 0 Å². The highest BCUT2D eigenvalue weighted by molar-refractivity contribution is 5.89. The van der Waals surface area contributed by atoms with E-state index in [1.807, 2.05) is 0 Å². The summed E-state index contributed by atoms with van der Waals surface area (Å²) in [4.78, 5) is 11.6. The van der Waals surface area contributed by atoms with Gasteiger partial charge >= 0.3 is 5.97 Å². The number of hydrogen-bond acceptors (Lipinski definition) is 2. The molecule has 0 spiro atoms. The van der Waals surface area contributed by atoms with E-state index in [1.165, 1.54) is 44.2 Å². The Morgan fingerprint density at radius 1 is 1.00 bits per heavy atom. The van der Waals surface area contributed by atoms with Gasteiger partial charge in [-0.1, -0.05) is 57.9 Å². The molecule has 0 N–H and O–H groups in total. The molecule has 0 aliphatic rings. The van der Waals surface area contributed by atoms with Gasteiger partial charge in [0.1, 0.15) is 0 Å². The van der Waals surface area contributed by atoms with Crippen molar-refractivity contribution in [2.75, 3.05) is 6.61 Å².